The molecule has 1 aliphatic rings. The second kappa shape index (κ2) is 4.90. The molecule has 15 heavy (non-hydrogen) atoms. The number of anilines is 1. The van der Waals surface area contributed by atoms with Gasteiger partial charge in [0, 0.05) is 36.8 Å². The molecule has 1 aliphatic heterocycles. The van der Waals surface area contributed by atoms with Crippen molar-refractivity contribution in [2.75, 3.05) is 30.3 Å². The lowest BCUT2D eigenvalue weighted by atomic mass is 10.3. The van der Waals surface area contributed by atoms with Crippen molar-refractivity contribution in [1.82, 2.24) is 14.7 Å². The zero-order valence-corrected chi connectivity index (χ0v) is 9.91. The maximum atomic E-state index is 5.61. The predicted octanol–water partition coefficient (Wildman–Crippen LogP) is 0.903. The fraction of sp³-hybridized carbons (Fsp3) is 0.700. The van der Waals surface area contributed by atoms with Crippen LogP contribution in [0.5, 0.6) is 0 Å². The van der Waals surface area contributed by atoms with E-state index in [1.807, 2.05) is 22.6 Å². The van der Waals surface area contributed by atoms with Crippen molar-refractivity contribution in [2.24, 2.45) is 0 Å². The minimum Gasteiger partial charge on any atom is -0.396 e. The first-order valence-electron chi connectivity index (χ1n) is 5.35. The first kappa shape index (κ1) is 10.8. The summed E-state index contributed by atoms with van der Waals surface area (Å²) < 4.78 is 1.92. The second-order valence-electron chi connectivity index (χ2n) is 4.00. The van der Waals surface area contributed by atoms with Gasteiger partial charge in [-0.3, -0.25) is 9.58 Å². The number of thioether (sulfide) groups is 1. The lowest BCUT2D eigenvalue weighted by Crippen LogP contribution is -2.42. The van der Waals surface area contributed by atoms with Crippen LogP contribution >= 0.6 is 11.8 Å². The molecule has 1 saturated heterocycles. The summed E-state index contributed by atoms with van der Waals surface area (Å²) in [6, 6.07) is 0.691. The van der Waals surface area contributed by atoms with E-state index >= 15 is 0 Å². The summed E-state index contributed by atoms with van der Waals surface area (Å²) in [5.41, 5.74) is 6.36. The third-order valence-electron chi connectivity index (χ3n) is 2.77. The molecule has 2 rings (SSSR count). The quantitative estimate of drug-likeness (QED) is 0.832. The molecule has 0 aromatic carbocycles. The van der Waals surface area contributed by atoms with E-state index in [-0.39, 0.29) is 0 Å². The maximum absolute atomic E-state index is 5.61. The number of rotatable bonds is 3. The molecule has 1 aromatic rings. The SMILES string of the molecule is CC1CSCCN1CCn1cc(N)cn1. The average Bonchev–Trinajstić information content (AvgIpc) is 2.63. The Kier molecular flexibility index (Phi) is 3.53. The molecule has 0 saturated carbocycles. The number of nitrogens with two attached hydrogens (primary N) is 1. The van der Waals surface area contributed by atoms with Gasteiger partial charge >= 0.3 is 0 Å². The van der Waals surface area contributed by atoms with Crippen LogP contribution in [0.3, 0.4) is 0 Å². The summed E-state index contributed by atoms with van der Waals surface area (Å²) in [6.07, 6.45) is 3.60. The van der Waals surface area contributed by atoms with Crippen LogP contribution in [0.15, 0.2) is 12.4 Å². The summed E-state index contributed by atoms with van der Waals surface area (Å²) in [4.78, 5) is 2.52. The summed E-state index contributed by atoms with van der Waals surface area (Å²) in [7, 11) is 0. The molecule has 5 heteroatoms. The van der Waals surface area contributed by atoms with Crippen LogP contribution < -0.4 is 5.73 Å². The molecule has 1 fully saturated rings. The van der Waals surface area contributed by atoms with Crippen molar-refractivity contribution in [2.45, 2.75) is 19.5 Å². The first-order chi connectivity index (χ1) is 7.25. The number of hydrogen-bond acceptors (Lipinski definition) is 4. The molecular formula is C10H18N4S. The van der Waals surface area contributed by atoms with Crippen molar-refractivity contribution in [3.05, 3.63) is 12.4 Å². The van der Waals surface area contributed by atoms with Gasteiger partial charge in [-0.2, -0.15) is 16.9 Å². The largest absolute Gasteiger partial charge is 0.396 e. The van der Waals surface area contributed by atoms with Gasteiger partial charge < -0.3 is 5.73 Å². The predicted molar refractivity (Wildman–Crippen MR) is 65.0 cm³/mol. The summed E-state index contributed by atoms with van der Waals surface area (Å²) >= 11 is 2.05. The molecule has 1 atom stereocenters. The van der Waals surface area contributed by atoms with Gasteiger partial charge in [0.05, 0.1) is 18.4 Å². The van der Waals surface area contributed by atoms with E-state index in [9.17, 15) is 0 Å². The molecule has 0 spiro atoms. The Balaban J connectivity index is 1.81. The molecule has 84 valence electrons. The number of nitrogen functional groups attached to an aromatic ring is 1. The Morgan fingerprint density at radius 1 is 1.60 bits per heavy atom. The fourth-order valence-corrected chi connectivity index (χ4v) is 2.91. The Morgan fingerprint density at radius 2 is 2.47 bits per heavy atom. The van der Waals surface area contributed by atoms with E-state index in [1.165, 1.54) is 18.1 Å². The highest BCUT2D eigenvalue weighted by Crippen LogP contribution is 2.15. The van der Waals surface area contributed by atoms with Crippen LogP contribution in [0.25, 0.3) is 0 Å². The Morgan fingerprint density at radius 3 is 3.13 bits per heavy atom. The van der Waals surface area contributed by atoms with E-state index in [0.717, 1.165) is 18.8 Å². The smallest absolute Gasteiger partial charge is 0.0719 e. The van der Waals surface area contributed by atoms with Crippen LogP contribution in [0, 0.1) is 0 Å². The van der Waals surface area contributed by atoms with Crippen LogP contribution in [0.4, 0.5) is 5.69 Å². The van der Waals surface area contributed by atoms with Crippen molar-refractivity contribution in [1.29, 1.82) is 0 Å². The first-order valence-corrected chi connectivity index (χ1v) is 6.51. The third-order valence-corrected chi connectivity index (χ3v) is 3.96. The third kappa shape index (κ3) is 2.89. The van der Waals surface area contributed by atoms with Gasteiger partial charge in [-0.1, -0.05) is 0 Å². The van der Waals surface area contributed by atoms with E-state index in [4.69, 9.17) is 5.73 Å². The topological polar surface area (TPSA) is 47.1 Å². The minimum absolute atomic E-state index is 0.691. The van der Waals surface area contributed by atoms with Gasteiger partial charge in [0.15, 0.2) is 0 Å². The fourth-order valence-electron chi connectivity index (χ4n) is 1.83. The zero-order chi connectivity index (χ0) is 10.7. The Labute approximate surface area is 94.8 Å². The standard InChI is InChI=1S/C10H18N4S/c1-9-8-15-5-4-13(9)2-3-14-7-10(11)6-12-14/h6-7,9H,2-5,8,11H2,1H3. The molecule has 1 aromatic heterocycles. The van der Waals surface area contributed by atoms with E-state index in [0.29, 0.717) is 6.04 Å². The van der Waals surface area contributed by atoms with Crippen molar-refractivity contribution in [3.63, 3.8) is 0 Å². The summed E-state index contributed by atoms with van der Waals surface area (Å²) in [6.45, 7) is 5.50. The van der Waals surface area contributed by atoms with E-state index < -0.39 is 0 Å². The summed E-state index contributed by atoms with van der Waals surface area (Å²) in [5.74, 6) is 2.51. The lowest BCUT2D eigenvalue weighted by molar-refractivity contribution is 0.220. The van der Waals surface area contributed by atoms with Gasteiger partial charge in [-0.05, 0) is 6.92 Å². The lowest BCUT2D eigenvalue weighted by Gasteiger charge is -2.32. The van der Waals surface area contributed by atoms with Gasteiger partial charge in [0.2, 0.25) is 0 Å². The highest BCUT2D eigenvalue weighted by Gasteiger charge is 2.17. The number of nitrogens with zero attached hydrogens (tertiary/aromatic N) is 3. The minimum atomic E-state index is 0.691. The maximum Gasteiger partial charge on any atom is 0.0719 e. The Bertz CT molecular complexity index is 312. The summed E-state index contributed by atoms with van der Waals surface area (Å²) in [5, 5.41) is 4.19. The Hall–Kier alpha value is -0.680. The van der Waals surface area contributed by atoms with Crippen molar-refractivity contribution in [3.8, 4) is 0 Å². The monoisotopic (exact) mass is 226 g/mol. The van der Waals surface area contributed by atoms with Gasteiger partial charge in [0.25, 0.3) is 0 Å². The van der Waals surface area contributed by atoms with Gasteiger partial charge in [-0.25, -0.2) is 0 Å². The molecule has 1 unspecified atom stereocenters. The van der Waals surface area contributed by atoms with Crippen LogP contribution in [-0.4, -0.2) is 45.3 Å². The average molecular weight is 226 g/mol. The highest BCUT2D eigenvalue weighted by atomic mass is 32.2. The van der Waals surface area contributed by atoms with Crippen LogP contribution in [-0.2, 0) is 6.54 Å². The molecule has 0 radical (unpaired) electrons. The number of hydrogen-bond donors (Lipinski definition) is 1. The van der Waals surface area contributed by atoms with E-state index in [2.05, 4.69) is 16.9 Å². The second-order valence-corrected chi connectivity index (χ2v) is 5.15. The molecule has 4 nitrogen and oxygen atoms in total. The molecule has 0 bridgehead atoms. The molecule has 2 N–H and O–H groups in total. The molecule has 0 amide bonds. The molecule has 0 aliphatic carbocycles. The van der Waals surface area contributed by atoms with Gasteiger partial charge in [0.1, 0.15) is 0 Å². The molecular weight excluding hydrogens is 208 g/mol. The van der Waals surface area contributed by atoms with Crippen LogP contribution in [0.1, 0.15) is 6.92 Å². The van der Waals surface area contributed by atoms with Crippen molar-refractivity contribution < 1.29 is 0 Å². The molecule has 2 heterocycles. The van der Waals surface area contributed by atoms with Crippen molar-refractivity contribution >= 4 is 17.4 Å². The van der Waals surface area contributed by atoms with E-state index in [1.54, 1.807) is 6.20 Å². The normalized spacial score (nSPS) is 23.1. The number of aromatic nitrogens is 2. The van der Waals surface area contributed by atoms with Crippen LogP contribution in [0.2, 0.25) is 0 Å². The highest BCUT2D eigenvalue weighted by molar-refractivity contribution is 7.99. The van der Waals surface area contributed by atoms with Gasteiger partial charge in [-0.15, -0.1) is 0 Å². The zero-order valence-electron chi connectivity index (χ0n) is 9.09.